The van der Waals surface area contributed by atoms with Crippen molar-refractivity contribution in [2.24, 2.45) is 0 Å². The molecule has 1 saturated heterocycles. The number of anilines is 1. The number of amides is 1. The van der Waals surface area contributed by atoms with Gasteiger partial charge in [-0.25, -0.2) is 4.98 Å². The Kier molecular flexibility index (Phi) is 4.86. The molecule has 1 amide bonds. The van der Waals surface area contributed by atoms with Gasteiger partial charge in [0.25, 0.3) is 5.91 Å². The predicted octanol–water partition coefficient (Wildman–Crippen LogP) is 1.37. The quantitative estimate of drug-likeness (QED) is 0.826. The van der Waals surface area contributed by atoms with E-state index in [1.807, 2.05) is 0 Å². The topological polar surface area (TPSA) is 77.5 Å². The van der Waals surface area contributed by atoms with E-state index in [0.29, 0.717) is 24.0 Å². The van der Waals surface area contributed by atoms with Crippen LogP contribution in [-0.4, -0.2) is 36.2 Å². The van der Waals surface area contributed by atoms with E-state index in [1.54, 1.807) is 12.3 Å². The van der Waals surface area contributed by atoms with Gasteiger partial charge in [0.1, 0.15) is 6.10 Å². The minimum atomic E-state index is -0.377. The van der Waals surface area contributed by atoms with Crippen molar-refractivity contribution in [3.63, 3.8) is 0 Å². The summed E-state index contributed by atoms with van der Waals surface area (Å²) >= 11 is 1.29. The molecule has 2 heterocycles. The Morgan fingerprint density at radius 1 is 1.63 bits per heavy atom. The van der Waals surface area contributed by atoms with Crippen molar-refractivity contribution in [3.8, 4) is 0 Å². The number of rotatable bonds is 5. The Morgan fingerprint density at radius 3 is 3.16 bits per heavy atom. The predicted molar refractivity (Wildman–Crippen MR) is 70.1 cm³/mol. The first-order valence-electron chi connectivity index (χ1n) is 6.21. The van der Waals surface area contributed by atoms with Crippen LogP contribution in [0.1, 0.15) is 25.5 Å². The maximum Gasteiger partial charge on any atom is 0.311 e. The Bertz CT molecular complexity index is 454. The molecule has 1 N–H and O–H groups in total. The van der Waals surface area contributed by atoms with E-state index in [4.69, 9.17) is 9.47 Å². The van der Waals surface area contributed by atoms with Crippen molar-refractivity contribution in [3.05, 3.63) is 11.1 Å². The summed E-state index contributed by atoms with van der Waals surface area (Å²) in [6, 6.07) is 0. The zero-order chi connectivity index (χ0) is 13.7. The lowest BCUT2D eigenvalue weighted by Crippen LogP contribution is -2.26. The van der Waals surface area contributed by atoms with Crippen molar-refractivity contribution in [1.82, 2.24) is 4.98 Å². The van der Waals surface area contributed by atoms with Gasteiger partial charge in [-0.2, -0.15) is 0 Å². The number of nitrogens with zero attached hydrogens (tertiary/aromatic N) is 1. The molecule has 1 aromatic rings. The lowest BCUT2D eigenvalue weighted by molar-refractivity contribution is -0.142. The van der Waals surface area contributed by atoms with Gasteiger partial charge in [-0.05, 0) is 19.8 Å². The average molecular weight is 284 g/mol. The minimum Gasteiger partial charge on any atom is -0.466 e. The summed E-state index contributed by atoms with van der Waals surface area (Å²) in [4.78, 5) is 27.2. The molecule has 19 heavy (non-hydrogen) atoms. The molecule has 0 bridgehead atoms. The summed E-state index contributed by atoms with van der Waals surface area (Å²) in [5.41, 5.74) is 0.603. The molecule has 1 atom stereocenters. The Hall–Kier alpha value is -1.47. The Morgan fingerprint density at radius 2 is 2.47 bits per heavy atom. The SMILES string of the molecule is CCOC(=O)Cc1csc(NC(=O)[C@@H]2CCCO2)n1. The van der Waals surface area contributed by atoms with Crippen LogP contribution in [0.5, 0.6) is 0 Å². The highest BCUT2D eigenvalue weighted by molar-refractivity contribution is 7.13. The summed E-state index contributed by atoms with van der Waals surface area (Å²) < 4.78 is 10.1. The molecule has 0 aliphatic carbocycles. The van der Waals surface area contributed by atoms with Crippen LogP contribution < -0.4 is 5.32 Å². The first-order chi connectivity index (χ1) is 9.19. The van der Waals surface area contributed by atoms with Gasteiger partial charge < -0.3 is 9.47 Å². The molecule has 1 aliphatic rings. The van der Waals surface area contributed by atoms with Gasteiger partial charge in [-0.3, -0.25) is 14.9 Å². The zero-order valence-electron chi connectivity index (χ0n) is 10.7. The number of nitrogens with one attached hydrogen (secondary N) is 1. The number of carbonyl (C=O) groups is 2. The maximum atomic E-state index is 11.8. The second kappa shape index (κ2) is 6.63. The van der Waals surface area contributed by atoms with Crippen LogP contribution in [0.4, 0.5) is 5.13 Å². The van der Waals surface area contributed by atoms with Crippen molar-refractivity contribution >= 4 is 28.3 Å². The molecule has 1 aromatic heterocycles. The van der Waals surface area contributed by atoms with Crippen LogP contribution >= 0.6 is 11.3 Å². The van der Waals surface area contributed by atoms with Gasteiger partial charge in [-0.15, -0.1) is 11.3 Å². The van der Waals surface area contributed by atoms with Gasteiger partial charge in [-0.1, -0.05) is 0 Å². The standard InChI is InChI=1S/C12H16N2O4S/c1-2-17-10(15)6-8-7-19-12(13-8)14-11(16)9-4-3-5-18-9/h7,9H,2-6H2,1H3,(H,13,14,16)/t9-/m0/s1. The molecular formula is C12H16N2O4S. The van der Waals surface area contributed by atoms with Crippen molar-refractivity contribution in [2.75, 3.05) is 18.5 Å². The zero-order valence-corrected chi connectivity index (χ0v) is 11.5. The number of thiazole rings is 1. The molecule has 0 radical (unpaired) electrons. The largest absolute Gasteiger partial charge is 0.466 e. The van der Waals surface area contributed by atoms with Crippen LogP contribution in [0.25, 0.3) is 0 Å². The molecule has 0 spiro atoms. The average Bonchev–Trinajstić information content (AvgIpc) is 3.00. The molecule has 1 fully saturated rings. The smallest absolute Gasteiger partial charge is 0.311 e. The molecule has 6 nitrogen and oxygen atoms in total. The highest BCUT2D eigenvalue weighted by Crippen LogP contribution is 2.19. The van der Waals surface area contributed by atoms with Gasteiger partial charge in [0, 0.05) is 12.0 Å². The molecule has 2 rings (SSSR count). The summed E-state index contributed by atoms with van der Waals surface area (Å²) in [5, 5.41) is 4.92. The fourth-order valence-electron chi connectivity index (χ4n) is 1.78. The van der Waals surface area contributed by atoms with E-state index in [9.17, 15) is 9.59 Å². The fraction of sp³-hybridized carbons (Fsp3) is 0.583. The van der Waals surface area contributed by atoms with E-state index < -0.39 is 0 Å². The third kappa shape index (κ3) is 4.00. The molecule has 0 aromatic carbocycles. The first-order valence-corrected chi connectivity index (χ1v) is 7.09. The number of aromatic nitrogens is 1. The van der Waals surface area contributed by atoms with E-state index >= 15 is 0 Å². The van der Waals surface area contributed by atoms with Gasteiger partial charge in [0.2, 0.25) is 0 Å². The van der Waals surface area contributed by atoms with Crippen LogP contribution in [-0.2, 0) is 25.5 Å². The van der Waals surface area contributed by atoms with E-state index in [0.717, 1.165) is 12.8 Å². The molecule has 1 aliphatic heterocycles. The lowest BCUT2D eigenvalue weighted by Gasteiger charge is -2.07. The van der Waals surface area contributed by atoms with Crippen LogP contribution in [0.3, 0.4) is 0 Å². The monoisotopic (exact) mass is 284 g/mol. The molecular weight excluding hydrogens is 268 g/mol. The van der Waals surface area contributed by atoms with E-state index in [1.165, 1.54) is 11.3 Å². The molecule has 0 unspecified atom stereocenters. The summed E-state index contributed by atoms with van der Waals surface area (Å²) in [7, 11) is 0. The summed E-state index contributed by atoms with van der Waals surface area (Å²) in [6.07, 6.45) is 1.40. The Balaban J connectivity index is 1.86. The summed E-state index contributed by atoms with van der Waals surface area (Å²) in [6.45, 7) is 2.74. The van der Waals surface area contributed by atoms with Crippen LogP contribution in [0.2, 0.25) is 0 Å². The van der Waals surface area contributed by atoms with E-state index in [2.05, 4.69) is 10.3 Å². The highest BCUT2D eigenvalue weighted by atomic mass is 32.1. The molecule has 104 valence electrons. The molecule has 0 saturated carbocycles. The normalized spacial score (nSPS) is 18.3. The van der Waals surface area contributed by atoms with Crippen molar-refractivity contribution in [2.45, 2.75) is 32.3 Å². The number of hydrogen-bond donors (Lipinski definition) is 1. The van der Waals surface area contributed by atoms with Gasteiger partial charge in [0.05, 0.1) is 18.7 Å². The third-order valence-electron chi connectivity index (χ3n) is 2.63. The summed E-state index contributed by atoms with van der Waals surface area (Å²) in [5.74, 6) is -0.487. The number of carbonyl (C=O) groups excluding carboxylic acids is 2. The fourth-order valence-corrected chi connectivity index (χ4v) is 2.49. The Labute approximate surface area is 115 Å². The number of hydrogen-bond acceptors (Lipinski definition) is 6. The number of esters is 1. The van der Waals surface area contributed by atoms with Gasteiger partial charge in [0.15, 0.2) is 5.13 Å². The minimum absolute atomic E-state index is 0.125. The maximum absolute atomic E-state index is 11.8. The third-order valence-corrected chi connectivity index (χ3v) is 3.44. The van der Waals surface area contributed by atoms with Crippen molar-refractivity contribution in [1.29, 1.82) is 0 Å². The van der Waals surface area contributed by atoms with E-state index in [-0.39, 0.29) is 24.4 Å². The number of ether oxygens (including phenoxy) is 2. The molecule has 7 heteroatoms. The second-order valence-corrected chi connectivity index (χ2v) is 4.97. The highest BCUT2D eigenvalue weighted by Gasteiger charge is 2.24. The second-order valence-electron chi connectivity index (χ2n) is 4.12. The van der Waals surface area contributed by atoms with Gasteiger partial charge >= 0.3 is 5.97 Å². The van der Waals surface area contributed by atoms with Crippen LogP contribution in [0.15, 0.2) is 5.38 Å². The lowest BCUT2D eigenvalue weighted by atomic mass is 10.2. The van der Waals surface area contributed by atoms with Crippen molar-refractivity contribution < 1.29 is 19.1 Å². The first kappa shape index (κ1) is 14.0. The van der Waals surface area contributed by atoms with Crippen LogP contribution in [0, 0.1) is 0 Å².